The number of carbonyl (C=O) groups is 1. The number of nitrogens with one attached hydrogen (secondary N) is 1. The number of nitrogens with zero attached hydrogens (tertiary/aromatic N) is 2. The molecule has 0 saturated carbocycles. The average molecular weight is 340 g/mol. The van der Waals surface area contributed by atoms with Gasteiger partial charge in [0.1, 0.15) is 5.82 Å². The van der Waals surface area contributed by atoms with E-state index < -0.39 is 5.82 Å². The fourth-order valence-corrected chi connectivity index (χ4v) is 3.36. The summed E-state index contributed by atoms with van der Waals surface area (Å²) in [5, 5.41) is 3.10. The van der Waals surface area contributed by atoms with E-state index in [1.54, 1.807) is 17.2 Å². The first-order valence-corrected chi connectivity index (χ1v) is 8.26. The molecule has 1 aromatic heterocycles. The summed E-state index contributed by atoms with van der Waals surface area (Å²) in [5.74, 6) is -0.722. The van der Waals surface area contributed by atoms with E-state index in [2.05, 4.69) is 10.3 Å². The summed E-state index contributed by atoms with van der Waals surface area (Å²) in [6, 6.07) is 4.61. The minimum Gasteiger partial charge on any atom is -0.380 e. The van der Waals surface area contributed by atoms with E-state index in [0.29, 0.717) is 29.8 Å². The molecule has 1 aliphatic heterocycles. The summed E-state index contributed by atoms with van der Waals surface area (Å²) in [7, 11) is 0. The molecule has 0 atom stereocenters. The van der Waals surface area contributed by atoms with Crippen LogP contribution in [0.3, 0.4) is 0 Å². The number of anilines is 1. The third-order valence-electron chi connectivity index (χ3n) is 3.58. The third-order valence-corrected chi connectivity index (χ3v) is 4.70. The second kappa shape index (κ2) is 6.62. The number of amides is 1. The van der Waals surface area contributed by atoms with Crippen LogP contribution in [0.1, 0.15) is 28.1 Å². The van der Waals surface area contributed by atoms with Gasteiger partial charge in [0.15, 0.2) is 4.47 Å². The van der Waals surface area contributed by atoms with Gasteiger partial charge in [-0.1, -0.05) is 11.6 Å². The molecular weight excluding hydrogens is 325 g/mol. The van der Waals surface area contributed by atoms with Gasteiger partial charge in [0.2, 0.25) is 0 Å². The quantitative estimate of drug-likeness (QED) is 0.922. The summed E-state index contributed by atoms with van der Waals surface area (Å²) in [6.45, 7) is 1.94. The molecule has 0 aliphatic carbocycles. The molecule has 7 heteroatoms. The topological polar surface area (TPSA) is 45.2 Å². The summed E-state index contributed by atoms with van der Waals surface area (Å²) in [4.78, 5) is 18.8. The SMILES string of the molecule is O=C(c1ccc(NCc2cnc(Cl)s2)cc1F)N1CCCC1. The predicted octanol–water partition coefficient (Wildman–Crippen LogP) is 3.78. The van der Waals surface area contributed by atoms with Crippen LogP contribution >= 0.6 is 22.9 Å². The van der Waals surface area contributed by atoms with Crippen LogP contribution in [0.5, 0.6) is 0 Å². The van der Waals surface area contributed by atoms with Crippen molar-refractivity contribution in [3.63, 3.8) is 0 Å². The van der Waals surface area contributed by atoms with Crippen molar-refractivity contribution in [2.24, 2.45) is 0 Å². The molecule has 0 bridgehead atoms. The lowest BCUT2D eigenvalue weighted by molar-refractivity contribution is 0.0788. The molecule has 1 amide bonds. The van der Waals surface area contributed by atoms with Crippen LogP contribution in [0.25, 0.3) is 0 Å². The fraction of sp³-hybridized carbons (Fsp3) is 0.333. The molecule has 1 fully saturated rings. The first-order valence-electron chi connectivity index (χ1n) is 7.06. The maximum atomic E-state index is 14.2. The zero-order chi connectivity index (χ0) is 15.5. The highest BCUT2D eigenvalue weighted by Gasteiger charge is 2.22. The van der Waals surface area contributed by atoms with Crippen LogP contribution < -0.4 is 5.32 Å². The molecule has 1 aliphatic rings. The third kappa shape index (κ3) is 3.39. The molecule has 0 spiro atoms. The lowest BCUT2D eigenvalue weighted by Crippen LogP contribution is -2.28. The molecule has 0 radical (unpaired) electrons. The summed E-state index contributed by atoms with van der Waals surface area (Å²) >= 11 is 7.14. The first kappa shape index (κ1) is 15.2. The van der Waals surface area contributed by atoms with Gasteiger partial charge in [-0.15, -0.1) is 11.3 Å². The molecule has 116 valence electrons. The molecular formula is C15H15ClFN3OS. The molecule has 0 unspecified atom stereocenters. The van der Waals surface area contributed by atoms with Gasteiger partial charge in [0.05, 0.1) is 12.1 Å². The van der Waals surface area contributed by atoms with E-state index in [1.165, 1.54) is 23.5 Å². The summed E-state index contributed by atoms with van der Waals surface area (Å²) < 4.78 is 14.6. The normalized spacial score (nSPS) is 14.4. The maximum absolute atomic E-state index is 14.2. The number of likely N-dealkylation sites (tertiary alicyclic amines) is 1. The van der Waals surface area contributed by atoms with E-state index in [4.69, 9.17) is 11.6 Å². The van der Waals surface area contributed by atoms with Gasteiger partial charge in [-0.3, -0.25) is 4.79 Å². The Bertz CT molecular complexity index is 685. The molecule has 3 rings (SSSR count). The molecule has 2 heterocycles. The largest absolute Gasteiger partial charge is 0.380 e. The highest BCUT2D eigenvalue weighted by molar-refractivity contribution is 7.15. The molecule has 2 aromatic rings. The molecule has 1 N–H and O–H groups in total. The van der Waals surface area contributed by atoms with Crippen molar-refractivity contribution < 1.29 is 9.18 Å². The minimum absolute atomic E-state index is 0.133. The lowest BCUT2D eigenvalue weighted by atomic mass is 10.1. The van der Waals surface area contributed by atoms with Crippen LogP contribution in [0, 0.1) is 5.82 Å². The first-order chi connectivity index (χ1) is 10.6. The highest BCUT2D eigenvalue weighted by atomic mass is 35.5. The van der Waals surface area contributed by atoms with Crippen LogP contribution in [0.2, 0.25) is 4.47 Å². The lowest BCUT2D eigenvalue weighted by Gasteiger charge is -2.16. The van der Waals surface area contributed by atoms with Gasteiger partial charge in [0, 0.05) is 29.9 Å². The van der Waals surface area contributed by atoms with Crippen molar-refractivity contribution in [1.82, 2.24) is 9.88 Å². The number of benzene rings is 1. The average Bonchev–Trinajstić information content (AvgIpc) is 3.16. The molecule has 1 saturated heterocycles. The number of halogens is 2. The van der Waals surface area contributed by atoms with E-state index in [1.807, 2.05) is 0 Å². The number of rotatable bonds is 4. The highest BCUT2D eigenvalue weighted by Crippen LogP contribution is 2.21. The minimum atomic E-state index is -0.496. The standard InChI is InChI=1S/C15H15ClFN3OS/c16-15-19-9-11(22-15)8-18-10-3-4-12(13(17)7-10)14(21)20-5-1-2-6-20/h3-4,7,9,18H,1-2,5-6,8H2. The van der Waals surface area contributed by atoms with Crippen molar-refractivity contribution >= 4 is 34.5 Å². The van der Waals surface area contributed by atoms with Crippen LogP contribution in [0.4, 0.5) is 10.1 Å². The zero-order valence-electron chi connectivity index (χ0n) is 11.8. The molecule has 1 aromatic carbocycles. The van der Waals surface area contributed by atoms with Gasteiger partial charge >= 0.3 is 0 Å². The number of hydrogen-bond donors (Lipinski definition) is 1. The smallest absolute Gasteiger partial charge is 0.256 e. The number of hydrogen-bond acceptors (Lipinski definition) is 4. The van der Waals surface area contributed by atoms with Gasteiger partial charge in [0.25, 0.3) is 5.91 Å². The second-order valence-corrected chi connectivity index (χ2v) is 6.82. The molecule has 4 nitrogen and oxygen atoms in total. The van der Waals surface area contributed by atoms with Gasteiger partial charge in [-0.05, 0) is 31.0 Å². The van der Waals surface area contributed by atoms with E-state index in [-0.39, 0.29) is 11.5 Å². The Kier molecular flexibility index (Phi) is 4.59. The Morgan fingerprint density at radius 3 is 2.82 bits per heavy atom. The Hall–Kier alpha value is -1.66. The summed E-state index contributed by atoms with van der Waals surface area (Å²) in [5.41, 5.74) is 0.758. The van der Waals surface area contributed by atoms with Crippen molar-refractivity contribution in [3.05, 3.63) is 45.1 Å². The number of thiazole rings is 1. The molecule has 22 heavy (non-hydrogen) atoms. The van der Waals surface area contributed by atoms with Crippen molar-refractivity contribution in [2.45, 2.75) is 19.4 Å². The van der Waals surface area contributed by atoms with Gasteiger partial charge in [-0.25, -0.2) is 9.37 Å². The predicted molar refractivity (Wildman–Crippen MR) is 86.0 cm³/mol. The van der Waals surface area contributed by atoms with Crippen molar-refractivity contribution in [3.8, 4) is 0 Å². The monoisotopic (exact) mass is 339 g/mol. The summed E-state index contributed by atoms with van der Waals surface area (Å²) in [6.07, 6.45) is 3.66. The zero-order valence-corrected chi connectivity index (χ0v) is 13.4. The van der Waals surface area contributed by atoms with E-state index >= 15 is 0 Å². The van der Waals surface area contributed by atoms with Crippen LogP contribution in [-0.4, -0.2) is 28.9 Å². The van der Waals surface area contributed by atoms with Gasteiger partial charge in [-0.2, -0.15) is 0 Å². The fourth-order valence-electron chi connectivity index (χ4n) is 2.44. The van der Waals surface area contributed by atoms with Gasteiger partial charge < -0.3 is 10.2 Å². The van der Waals surface area contributed by atoms with Crippen LogP contribution in [-0.2, 0) is 6.54 Å². The Morgan fingerprint density at radius 2 is 2.18 bits per heavy atom. The number of aromatic nitrogens is 1. The van der Waals surface area contributed by atoms with E-state index in [0.717, 1.165) is 17.7 Å². The van der Waals surface area contributed by atoms with Crippen LogP contribution in [0.15, 0.2) is 24.4 Å². The Balaban J connectivity index is 1.67. The second-order valence-electron chi connectivity index (χ2n) is 5.13. The Labute approximate surface area is 136 Å². The maximum Gasteiger partial charge on any atom is 0.256 e. The van der Waals surface area contributed by atoms with Crippen molar-refractivity contribution in [2.75, 3.05) is 18.4 Å². The van der Waals surface area contributed by atoms with E-state index in [9.17, 15) is 9.18 Å². The number of carbonyl (C=O) groups excluding carboxylic acids is 1. The van der Waals surface area contributed by atoms with Crippen molar-refractivity contribution in [1.29, 1.82) is 0 Å². The Morgan fingerprint density at radius 1 is 1.41 bits per heavy atom.